The van der Waals surface area contributed by atoms with Crippen molar-refractivity contribution in [1.82, 2.24) is 4.90 Å². The third-order valence-corrected chi connectivity index (χ3v) is 4.30. The molecule has 2 aromatic rings. The Morgan fingerprint density at radius 1 is 0.800 bits per heavy atom. The van der Waals surface area contributed by atoms with Gasteiger partial charge in [0.1, 0.15) is 0 Å². The van der Waals surface area contributed by atoms with Gasteiger partial charge in [-0.1, -0.05) is 55.5 Å². The lowest BCUT2D eigenvalue weighted by Gasteiger charge is -2.18. The molecule has 20 heavy (non-hydrogen) atoms. The standard InChI is InChI=1S/C19H23N/c1-2-16-9-3-5-11-18(16)19-12-6-4-10-17(19)15-20-13-7-8-14-20/h3-6,9-12H,2,7-8,13-15H2,1H3. The van der Waals surface area contributed by atoms with E-state index in [9.17, 15) is 0 Å². The minimum atomic E-state index is 1.09. The van der Waals surface area contributed by atoms with E-state index in [0.29, 0.717) is 0 Å². The molecule has 1 nitrogen and oxygen atoms in total. The van der Waals surface area contributed by atoms with Crippen molar-refractivity contribution in [1.29, 1.82) is 0 Å². The average molecular weight is 265 g/mol. The summed E-state index contributed by atoms with van der Waals surface area (Å²) in [5.41, 5.74) is 5.73. The number of likely N-dealkylation sites (tertiary alicyclic amines) is 1. The summed E-state index contributed by atoms with van der Waals surface area (Å²) < 4.78 is 0. The molecular formula is C19H23N. The molecular weight excluding hydrogens is 242 g/mol. The van der Waals surface area contributed by atoms with Crippen LogP contribution < -0.4 is 0 Å². The third kappa shape index (κ3) is 2.78. The lowest BCUT2D eigenvalue weighted by molar-refractivity contribution is 0.332. The van der Waals surface area contributed by atoms with Gasteiger partial charge in [0.25, 0.3) is 0 Å². The Morgan fingerprint density at radius 3 is 2.00 bits per heavy atom. The van der Waals surface area contributed by atoms with E-state index in [1.807, 2.05) is 0 Å². The van der Waals surface area contributed by atoms with Gasteiger partial charge in [0.2, 0.25) is 0 Å². The van der Waals surface area contributed by atoms with Crippen LogP contribution in [0.1, 0.15) is 30.9 Å². The Balaban J connectivity index is 1.96. The molecule has 1 heterocycles. The summed E-state index contributed by atoms with van der Waals surface area (Å²) in [7, 11) is 0. The number of benzene rings is 2. The van der Waals surface area contributed by atoms with Crippen molar-refractivity contribution in [3.63, 3.8) is 0 Å². The Hall–Kier alpha value is -1.60. The summed E-state index contributed by atoms with van der Waals surface area (Å²) in [5.74, 6) is 0. The molecule has 1 aliphatic heterocycles. The van der Waals surface area contributed by atoms with E-state index in [1.54, 1.807) is 0 Å². The van der Waals surface area contributed by atoms with Crippen molar-refractivity contribution in [2.45, 2.75) is 32.7 Å². The van der Waals surface area contributed by atoms with Crippen molar-refractivity contribution in [2.24, 2.45) is 0 Å². The van der Waals surface area contributed by atoms with Crippen molar-refractivity contribution in [2.75, 3.05) is 13.1 Å². The van der Waals surface area contributed by atoms with E-state index < -0.39 is 0 Å². The van der Waals surface area contributed by atoms with Gasteiger partial charge in [0.05, 0.1) is 0 Å². The zero-order valence-corrected chi connectivity index (χ0v) is 12.3. The van der Waals surface area contributed by atoms with Gasteiger partial charge in [-0.05, 0) is 54.6 Å². The monoisotopic (exact) mass is 265 g/mol. The first-order chi connectivity index (χ1) is 9.88. The number of nitrogens with zero attached hydrogens (tertiary/aromatic N) is 1. The lowest BCUT2D eigenvalue weighted by atomic mass is 9.94. The minimum absolute atomic E-state index is 1.09. The fourth-order valence-electron chi connectivity index (χ4n) is 3.19. The van der Waals surface area contributed by atoms with Crippen LogP contribution in [0.15, 0.2) is 48.5 Å². The molecule has 0 aliphatic carbocycles. The summed E-state index contributed by atoms with van der Waals surface area (Å²) in [6.07, 6.45) is 3.80. The fraction of sp³-hybridized carbons (Fsp3) is 0.368. The quantitative estimate of drug-likeness (QED) is 0.786. The van der Waals surface area contributed by atoms with Gasteiger partial charge in [-0.25, -0.2) is 0 Å². The van der Waals surface area contributed by atoms with Crippen molar-refractivity contribution in [3.8, 4) is 11.1 Å². The topological polar surface area (TPSA) is 3.24 Å². The second-order valence-electron chi connectivity index (χ2n) is 5.65. The molecule has 0 bridgehead atoms. The highest BCUT2D eigenvalue weighted by molar-refractivity contribution is 5.70. The Labute approximate surface area is 122 Å². The fourth-order valence-corrected chi connectivity index (χ4v) is 3.19. The first-order valence-corrected chi connectivity index (χ1v) is 7.77. The second-order valence-corrected chi connectivity index (χ2v) is 5.65. The largest absolute Gasteiger partial charge is 0.299 e. The minimum Gasteiger partial charge on any atom is -0.299 e. The van der Waals surface area contributed by atoms with Gasteiger partial charge >= 0.3 is 0 Å². The molecule has 0 N–H and O–H groups in total. The van der Waals surface area contributed by atoms with Gasteiger partial charge < -0.3 is 0 Å². The first kappa shape index (κ1) is 13.4. The van der Waals surface area contributed by atoms with E-state index >= 15 is 0 Å². The summed E-state index contributed by atoms with van der Waals surface area (Å²) in [6, 6.07) is 17.7. The Morgan fingerprint density at radius 2 is 1.35 bits per heavy atom. The summed E-state index contributed by atoms with van der Waals surface area (Å²) in [6.45, 7) is 5.84. The summed E-state index contributed by atoms with van der Waals surface area (Å²) >= 11 is 0. The lowest BCUT2D eigenvalue weighted by Crippen LogP contribution is -2.18. The molecule has 0 unspecified atom stereocenters. The zero-order valence-electron chi connectivity index (χ0n) is 12.3. The predicted molar refractivity (Wildman–Crippen MR) is 85.8 cm³/mol. The molecule has 1 saturated heterocycles. The van der Waals surface area contributed by atoms with Crippen LogP contribution in [0, 0.1) is 0 Å². The van der Waals surface area contributed by atoms with Crippen LogP contribution in [0.25, 0.3) is 11.1 Å². The van der Waals surface area contributed by atoms with Crippen LogP contribution in [0.2, 0.25) is 0 Å². The van der Waals surface area contributed by atoms with Gasteiger partial charge in [-0.15, -0.1) is 0 Å². The molecule has 0 saturated carbocycles. The molecule has 1 fully saturated rings. The zero-order chi connectivity index (χ0) is 13.8. The Bertz CT molecular complexity index is 567. The molecule has 0 radical (unpaired) electrons. The Kier molecular flexibility index (Phi) is 4.17. The normalized spacial score (nSPS) is 15.7. The maximum Gasteiger partial charge on any atom is 0.0239 e. The molecule has 0 atom stereocenters. The highest BCUT2D eigenvalue weighted by atomic mass is 15.1. The smallest absolute Gasteiger partial charge is 0.0239 e. The van der Waals surface area contributed by atoms with Crippen LogP contribution in [0.5, 0.6) is 0 Å². The van der Waals surface area contributed by atoms with E-state index in [-0.39, 0.29) is 0 Å². The molecule has 3 rings (SSSR count). The molecule has 2 aromatic carbocycles. The van der Waals surface area contributed by atoms with Crippen LogP contribution in [-0.4, -0.2) is 18.0 Å². The molecule has 1 aliphatic rings. The number of aryl methyl sites for hydroxylation is 1. The maximum atomic E-state index is 2.58. The van der Waals surface area contributed by atoms with Gasteiger partial charge in [0, 0.05) is 6.54 Å². The predicted octanol–water partition coefficient (Wildman–Crippen LogP) is 4.51. The van der Waals surface area contributed by atoms with E-state index in [1.165, 1.54) is 48.2 Å². The summed E-state index contributed by atoms with van der Waals surface area (Å²) in [5, 5.41) is 0. The average Bonchev–Trinajstić information content (AvgIpc) is 3.01. The van der Waals surface area contributed by atoms with Gasteiger partial charge in [0.15, 0.2) is 0 Å². The van der Waals surface area contributed by atoms with Gasteiger partial charge in [-0.3, -0.25) is 4.90 Å². The number of rotatable bonds is 4. The number of hydrogen-bond acceptors (Lipinski definition) is 1. The SMILES string of the molecule is CCc1ccccc1-c1ccccc1CN1CCCC1. The van der Waals surface area contributed by atoms with Crippen molar-refractivity contribution < 1.29 is 0 Å². The van der Waals surface area contributed by atoms with E-state index in [2.05, 4.69) is 60.4 Å². The maximum absolute atomic E-state index is 2.58. The molecule has 1 heteroatoms. The van der Waals surface area contributed by atoms with Crippen LogP contribution in [0.4, 0.5) is 0 Å². The van der Waals surface area contributed by atoms with Crippen LogP contribution in [-0.2, 0) is 13.0 Å². The van der Waals surface area contributed by atoms with Gasteiger partial charge in [-0.2, -0.15) is 0 Å². The molecule has 0 spiro atoms. The highest BCUT2D eigenvalue weighted by Gasteiger charge is 2.14. The van der Waals surface area contributed by atoms with Crippen molar-refractivity contribution in [3.05, 3.63) is 59.7 Å². The first-order valence-electron chi connectivity index (χ1n) is 7.77. The summed E-state index contributed by atoms with van der Waals surface area (Å²) in [4.78, 5) is 2.58. The van der Waals surface area contributed by atoms with E-state index in [0.717, 1.165) is 13.0 Å². The third-order valence-electron chi connectivity index (χ3n) is 4.30. The van der Waals surface area contributed by atoms with Crippen LogP contribution in [0.3, 0.4) is 0 Å². The van der Waals surface area contributed by atoms with E-state index in [4.69, 9.17) is 0 Å². The highest BCUT2D eigenvalue weighted by Crippen LogP contribution is 2.29. The molecule has 0 amide bonds. The molecule has 0 aromatic heterocycles. The molecule has 104 valence electrons. The van der Waals surface area contributed by atoms with Crippen LogP contribution >= 0.6 is 0 Å². The van der Waals surface area contributed by atoms with Crippen molar-refractivity contribution >= 4 is 0 Å². The number of hydrogen-bond donors (Lipinski definition) is 0. The second kappa shape index (κ2) is 6.23.